The average molecular weight is 238 g/mol. The molecule has 2 amide bonds. The maximum atomic E-state index is 12.5. The molecule has 3 nitrogen and oxygen atoms in total. The van der Waals surface area contributed by atoms with Gasteiger partial charge in [0.25, 0.3) is 0 Å². The molecule has 2 rings (SSSR count). The number of nitrogens with zero attached hydrogens (tertiary/aromatic N) is 2. The van der Waals surface area contributed by atoms with Crippen molar-refractivity contribution in [2.45, 2.75) is 58.4 Å². The first-order valence-corrected chi connectivity index (χ1v) is 7.33. The van der Waals surface area contributed by atoms with Crippen molar-refractivity contribution in [3.05, 3.63) is 0 Å². The number of urea groups is 1. The van der Waals surface area contributed by atoms with E-state index < -0.39 is 0 Å². The van der Waals surface area contributed by atoms with Gasteiger partial charge < -0.3 is 9.80 Å². The van der Waals surface area contributed by atoms with Crippen LogP contribution in [0.25, 0.3) is 0 Å². The first kappa shape index (κ1) is 12.7. The van der Waals surface area contributed by atoms with Gasteiger partial charge in [-0.05, 0) is 45.4 Å². The summed E-state index contributed by atoms with van der Waals surface area (Å²) in [7, 11) is 0. The SMILES string of the molecule is CCN(CC)C(=O)N1CCC[C@H]2CCCC[C@H]21. The summed E-state index contributed by atoms with van der Waals surface area (Å²) in [5, 5.41) is 0. The van der Waals surface area contributed by atoms with Crippen LogP contribution in [-0.2, 0) is 0 Å². The van der Waals surface area contributed by atoms with Crippen LogP contribution in [0.2, 0.25) is 0 Å². The third-order valence-electron chi connectivity index (χ3n) is 4.52. The molecule has 2 fully saturated rings. The van der Waals surface area contributed by atoms with Crippen molar-refractivity contribution in [1.82, 2.24) is 9.80 Å². The zero-order chi connectivity index (χ0) is 12.3. The lowest BCUT2D eigenvalue weighted by molar-refractivity contribution is 0.0661. The number of piperidine rings is 1. The van der Waals surface area contributed by atoms with E-state index in [1.807, 2.05) is 4.90 Å². The molecule has 98 valence electrons. The Kier molecular flexibility index (Phi) is 4.30. The van der Waals surface area contributed by atoms with Gasteiger partial charge in [0.05, 0.1) is 0 Å². The lowest BCUT2D eigenvalue weighted by Gasteiger charge is -2.45. The number of hydrogen-bond donors (Lipinski definition) is 0. The first-order valence-electron chi connectivity index (χ1n) is 7.33. The number of hydrogen-bond acceptors (Lipinski definition) is 1. The van der Waals surface area contributed by atoms with Crippen LogP contribution in [0.4, 0.5) is 4.79 Å². The van der Waals surface area contributed by atoms with E-state index in [9.17, 15) is 4.79 Å². The second-order valence-corrected chi connectivity index (χ2v) is 5.40. The monoisotopic (exact) mass is 238 g/mol. The first-order chi connectivity index (χ1) is 8.27. The minimum absolute atomic E-state index is 0.284. The molecule has 1 aliphatic carbocycles. The van der Waals surface area contributed by atoms with Crippen LogP contribution in [-0.4, -0.2) is 41.5 Å². The predicted octanol–water partition coefficient (Wildman–Crippen LogP) is 3.10. The van der Waals surface area contributed by atoms with Gasteiger partial charge in [0.15, 0.2) is 0 Å². The van der Waals surface area contributed by atoms with Gasteiger partial charge in [-0.1, -0.05) is 12.8 Å². The van der Waals surface area contributed by atoms with E-state index in [1.54, 1.807) is 0 Å². The number of amides is 2. The van der Waals surface area contributed by atoms with Gasteiger partial charge in [-0.15, -0.1) is 0 Å². The van der Waals surface area contributed by atoms with Gasteiger partial charge >= 0.3 is 6.03 Å². The van der Waals surface area contributed by atoms with E-state index >= 15 is 0 Å². The van der Waals surface area contributed by atoms with Crippen molar-refractivity contribution in [1.29, 1.82) is 0 Å². The lowest BCUT2D eigenvalue weighted by atomic mass is 9.78. The molecule has 1 saturated carbocycles. The summed E-state index contributed by atoms with van der Waals surface area (Å²) in [6.45, 7) is 6.80. The Morgan fingerprint density at radius 2 is 1.76 bits per heavy atom. The molecule has 0 unspecified atom stereocenters. The third kappa shape index (κ3) is 2.58. The largest absolute Gasteiger partial charge is 0.325 e. The summed E-state index contributed by atoms with van der Waals surface area (Å²) < 4.78 is 0. The average Bonchev–Trinajstić information content (AvgIpc) is 2.39. The molecule has 0 spiro atoms. The van der Waals surface area contributed by atoms with Crippen molar-refractivity contribution in [3.8, 4) is 0 Å². The molecular formula is C14H26N2O. The molecule has 0 radical (unpaired) electrons. The van der Waals surface area contributed by atoms with Gasteiger partial charge in [-0.3, -0.25) is 0 Å². The maximum absolute atomic E-state index is 12.5. The molecule has 0 aromatic rings. The van der Waals surface area contributed by atoms with Gasteiger partial charge in [0, 0.05) is 25.7 Å². The smallest absolute Gasteiger partial charge is 0.320 e. The highest BCUT2D eigenvalue weighted by atomic mass is 16.2. The number of likely N-dealkylation sites (tertiary alicyclic amines) is 1. The molecule has 0 N–H and O–H groups in total. The summed E-state index contributed by atoms with van der Waals surface area (Å²) in [6, 6.07) is 0.831. The van der Waals surface area contributed by atoms with Crippen LogP contribution >= 0.6 is 0 Å². The maximum Gasteiger partial charge on any atom is 0.320 e. The summed E-state index contributed by atoms with van der Waals surface area (Å²) in [4.78, 5) is 16.6. The minimum Gasteiger partial charge on any atom is -0.325 e. The van der Waals surface area contributed by atoms with E-state index in [1.165, 1.54) is 38.5 Å². The Morgan fingerprint density at radius 1 is 1.12 bits per heavy atom. The van der Waals surface area contributed by atoms with Crippen LogP contribution in [0, 0.1) is 5.92 Å². The fourth-order valence-electron chi connectivity index (χ4n) is 3.54. The van der Waals surface area contributed by atoms with Gasteiger partial charge in [-0.25, -0.2) is 4.79 Å². The normalized spacial score (nSPS) is 28.7. The standard InChI is InChI=1S/C14H26N2O/c1-3-15(4-2)14(17)16-11-7-9-12-8-5-6-10-13(12)16/h12-13H,3-11H2,1-2H3/t12-,13-/m1/s1. The van der Waals surface area contributed by atoms with E-state index in [0.29, 0.717) is 6.04 Å². The molecule has 3 heteroatoms. The van der Waals surface area contributed by atoms with Crippen molar-refractivity contribution in [3.63, 3.8) is 0 Å². The quantitative estimate of drug-likeness (QED) is 0.725. The predicted molar refractivity (Wildman–Crippen MR) is 70.0 cm³/mol. The minimum atomic E-state index is 0.284. The number of carbonyl (C=O) groups excluding carboxylic acids is 1. The van der Waals surface area contributed by atoms with Gasteiger partial charge in [0.1, 0.15) is 0 Å². The molecule has 0 bridgehead atoms. The summed E-state index contributed by atoms with van der Waals surface area (Å²) >= 11 is 0. The summed E-state index contributed by atoms with van der Waals surface area (Å²) in [5.74, 6) is 0.789. The second-order valence-electron chi connectivity index (χ2n) is 5.40. The van der Waals surface area contributed by atoms with Gasteiger partial charge in [0.2, 0.25) is 0 Å². The topological polar surface area (TPSA) is 23.6 Å². The molecule has 1 aliphatic heterocycles. The van der Waals surface area contributed by atoms with Crippen LogP contribution in [0.1, 0.15) is 52.4 Å². The molecule has 2 atom stereocenters. The number of fused-ring (bicyclic) bond motifs is 1. The third-order valence-corrected chi connectivity index (χ3v) is 4.52. The van der Waals surface area contributed by atoms with Crippen LogP contribution in [0.5, 0.6) is 0 Å². The highest BCUT2D eigenvalue weighted by molar-refractivity contribution is 5.75. The Hall–Kier alpha value is -0.730. The van der Waals surface area contributed by atoms with E-state index in [-0.39, 0.29) is 6.03 Å². The molecular weight excluding hydrogens is 212 g/mol. The molecule has 17 heavy (non-hydrogen) atoms. The fourth-order valence-corrected chi connectivity index (χ4v) is 3.54. The van der Waals surface area contributed by atoms with Crippen molar-refractivity contribution in [2.75, 3.05) is 19.6 Å². The van der Waals surface area contributed by atoms with E-state index in [2.05, 4.69) is 18.7 Å². The Morgan fingerprint density at radius 3 is 2.47 bits per heavy atom. The fraction of sp³-hybridized carbons (Fsp3) is 0.929. The van der Waals surface area contributed by atoms with Crippen molar-refractivity contribution < 1.29 is 4.79 Å². The van der Waals surface area contributed by atoms with Crippen molar-refractivity contribution in [2.24, 2.45) is 5.92 Å². The van der Waals surface area contributed by atoms with E-state index in [0.717, 1.165) is 25.6 Å². The molecule has 0 aromatic heterocycles. The summed E-state index contributed by atoms with van der Waals surface area (Å²) in [5.41, 5.74) is 0. The Bertz CT molecular complexity index is 261. The number of rotatable bonds is 2. The summed E-state index contributed by atoms with van der Waals surface area (Å²) in [6.07, 6.45) is 7.79. The molecule has 1 heterocycles. The zero-order valence-corrected chi connectivity index (χ0v) is 11.3. The molecule has 2 aliphatic rings. The van der Waals surface area contributed by atoms with Crippen molar-refractivity contribution >= 4 is 6.03 Å². The highest BCUT2D eigenvalue weighted by Crippen LogP contribution is 2.35. The van der Waals surface area contributed by atoms with E-state index in [4.69, 9.17) is 0 Å². The van der Waals surface area contributed by atoms with Crippen LogP contribution in [0.3, 0.4) is 0 Å². The number of carbonyl (C=O) groups is 1. The zero-order valence-electron chi connectivity index (χ0n) is 11.3. The highest BCUT2D eigenvalue weighted by Gasteiger charge is 2.36. The molecule has 1 saturated heterocycles. The van der Waals surface area contributed by atoms with Crippen LogP contribution < -0.4 is 0 Å². The van der Waals surface area contributed by atoms with Gasteiger partial charge in [-0.2, -0.15) is 0 Å². The van der Waals surface area contributed by atoms with Crippen LogP contribution in [0.15, 0.2) is 0 Å². The lowest BCUT2D eigenvalue weighted by Crippen LogP contribution is -2.54. The second kappa shape index (κ2) is 5.74. The Labute approximate surface area is 105 Å². The molecule has 0 aromatic carbocycles. The Balaban J connectivity index is 2.05.